The maximum Gasteiger partial charge on any atom is 0.232 e. The van der Waals surface area contributed by atoms with E-state index >= 15 is 0 Å². The molecule has 126 valence electrons. The van der Waals surface area contributed by atoms with Gasteiger partial charge in [-0.05, 0) is 38.2 Å². The summed E-state index contributed by atoms with van der Waals surface area (Å²) in [5.74, 6) is 1.13. The summed E-state index contributed by atoms with van der Waals surface area (Å²) in [6, 6.07) is 2.07. The Labute approximate surface area is 150 Å². The van der Waals surface area contributed by atoms with Gasteiger partial charge in [0.15, 0.2) is 0 Å². The van der Waals surface area contributed by atoms with Gasteiger partial charge in [-0.2, -0.15) is 5.26 Å². The monoisotopic (exact) mass is 360 g/mol. The average Bonchev–Trinajstić information content (AvgIpc) is 2.95. The molecule has 0 fully saturated rings. The number of hydrogen-bond acceptors (Lipinski definition) is 6. The first-order valence-corrected chi connectivity index (χ1v) is 9.93. The number of thioether (sulfide) groups is 1. The van der Waals surface area contributed by atoms with Crippen molar-refractivity contribution in [2.75, 3.05) is 19.3 Å². The fourth-order valence-electron chi connectivity index (χ4n) is 2.91. The van der Waals surface area contributed by atoms with Crippen LogP contribution in [0, 0.1) is 18.3 Å². The molecule has 3 rings (SSSR count). The quantitative estimate of drug-likeness (QED) is 0.604. The number of aromatic nitrogens is 2. The summed E-state index contributed by atoms with van der Waals surface area (Å²) >= 11 is 3.28. The van der Waals surface area contributed by atoms with Gasteiger partial charge in [0.2, 0.25) is 5.91 Å². The smallest absolute Gasteiger partial charge is 0.232 e. The molecule has 0 spiro atoms. The van der Waals surface area contributed by atoms with Crippen LogP contribution in [0.15, 0.2) is 5.03 Å². The lowest BCUT2D eigenvalue weighted by molar-refractivity contribution is -0.127. The lowest BCUT2D eigenvalue weighted by Gasteiger charge is -2.15. The molecule has 0 aromatic carbocycles. The second-order valence-electron chi connectivity index (χ2n) is 5.98. The van der Waals surface area contributed by atoms with E-state index in [1.807, 2.05) is 6.92 Å². The van der Waals surface area contributed by atoms with Crippen LogP contribution in [0.3, 0.4) is 0 Å². The van der Waals surface area contributed by atoms with Gasteiger partial charge in [-0.3, -0.25) is 4.79 Å². The molecule has 0 saturated carbocycles. The van der Waals surface area contributed by atoms with Crippen molar-refractivity contribution in [3.8, 4) is 6.07 Å². The first-order chi connectivity index (χ1) is 11.6. The predicted octanol–water partition coefficient (Wildman–Crippen LogP) is 3.34. The molecule has 2 heterocycles. The molecule has 2 aromatic rings. The second kappa shape index (κ2) is 7.49. The largest absolute Gasteiger partial charge is 0.344 e. The SMILES string of the molecule is Cc1nc(SCC(=O)N(C)CCC#N)c2c3c(sc2n1)CCCC3. The van der Waals surface area contributed by atoms with E-state index in [1.54, 1.807) is 23.3 Å². The zero-order valence-electron chi connectivity index (χ0n) is 14.0. The summed E-state index contributed by atoms with van der Waals surface area (Å²) in [7, 11) is 1.74. The van der Waals surface area contributed by atoms with E-state index in [0.717, 1.165) is 33.9 Å². The van der Waals surface area contributed by atoms with Crippen molar-refractivity contribution in [2.45, 2.75) is 44.1 Å². The van der Waals surface area contributed by atoms with Gasteiger partial charge in [-0.15, -0.1) is 11.3 Å². The van der Waals surface area contributed by atoms with Gasteiger partial charge >= 0.3 is 0 Å². The number of carbonyl (C=O) groups is 1. The summed E-state index contributed by atoms with van der Waals surface area (Å²) in [6.45, 7) is 2.38. The van der Waals surface area contributed by atoms with Crippen LogP contribution in [-0.2, 0) is 17.6 Å². The van der Waals surface area contributed by atoms with Crippen LogP contribution in [0.2, 0.25) is 0 Å². The Morgan fingerprint density at radius 2 is 2.17 bits per heavy atom. The molecule has 5 nitrogen and oxygen atoms in total. The van der Waals surface area contributed by atoms with Crippen LogP contribution in [0.5, 0.6) is 0 Å². The topological polar surface area (TPSA) is 69.9 Å². The molecule has 2 aromatic heterocycles. The minimum atomic E-state index is 0.0313. The summed E-state index contributed by atoms with van der Waals surface area (Å²) in [6.07, 6.45) is 5.05. The lowest BCUT2D eigenvalue weighted by atomic mass is 9.97. The van der Waals surface area contributed by atoms with E-state index in [2.05, 4.69) is 16.0 Å². The Kier molecular flexibility index (Phi) is 5.36. The Morgan fingerprint density at radius 1 is 1.38 bits per heavy atom. The molecule has 1 aliphatic rings. The fraction of sp³-hybridized carbons (Fsp3) is 0.529. The van der Waals surface area contributed by atoms with Crippen molar-refractivity contribution in [2.24, 2.45) is 0 Å². The highest BCUT2D eigenvalue weighted by atomic mass is 32.2. The van der Waals surface area contributed by atoms with Crippen LogP contribution in [-0.4, -0.2) is 40.1 Å². The maximum atomic E-state index is 12.2. The van der Waals surface area contributed by atoms with Crippen molar-refractivity contribution in [3.05, 3.63) is 16.3 Å². The molecule has 1 aliphatic carbocycles. The van der Waals surface area contributed by atoms with Gasteiger partial charge in [-0.1, -0.05) is 11.8 Å². The number of amides is 1. The number of aryl methyl sites for hydroxylation is 3. The number of nitriles is 1. The number of fused-ring (bicyclic) bond motifs is 3. The van der Waals surface area contributed by atoms with Crippen molar-refractivity contribution in [1.82, 2.24) is 14.9 Å². The third-order valence-corrected chi connectivity index (χ3v) is 6.36. The van der Waals surface area contributed by atoms with Crippen molar-refractivity contribution in [1.29, 1.82) is 5.26 Å². The number of thiophene rings is 1. The number of rotatable bonds is 5. The van der Waals surface area contributed by atoms with E-state index in [9.17, 15) is 4.79 Å². The third kappa shape index (κ3) is 3.55. The second-order valence-corrected chi connectivity index (χ2v) is 8.03. The van der Waals surface area contributed by atoms with Gasteiger partial charge in [0.1, 0.15) is 15.7 Å². The highest BCUT2D eigenvalue weighted by Crippen LogP contribution is 2.39. The summed E-state index contributed by atoms with van der Waals surface area (Å²) in [5.41, 5.74) is 1.40. The van der Waals surface area contributed by atoms with E-state index in [-0.39, 0.29) is 5.91 Å². The molecular weight excluding hydrogens is 340 g/mol. The standard InChI is InChI=1S/C17H20N4OS2/c1-11-19-16(23-10-14(22)21(2)9-5-8-18)15-12-6-3-4-7-13(12)24-17(15)20-11/h3-7,9-10H2,1-2H3. The predicted molar refractivity (Wildman–Crippen MR) is 97.4 cm³/mol. The highest BCUT2D eigenvalue weighted by molar-refractivity contribution is 8.00. The number of hydrogen-bond donors (Lipinski definition) is 0. The molecular formula is C17H20N4OS2. The van der Waals surface area contributed by atoms with Crippen LogP contribution in [0.4, 0.5) is 0 Å². The maximum absolute atomic E-state index is 12.2. The molecule has 0 radical (unpaired) electrons. The summed E-state index contributed by atoms with van der Waals surface area (Å²) in [4.78, 5) is 25.6. The molecule has 0 atom stereocenters. The van der Waals surface area contributed by atoms with Crippen LogP contribution in [0.1, 0.15) is 35.5 Å². The zero-order chi connectivity index (χ0) is 17.1. The van der Waals surface area contributed by atoms with Crippen LogP contribution < -0.4 is 0 Å². The Bertz CT molecular complexity index is 809. The normalized spacial score (nSPS) is 13.5. The van der Waals surface area contributed by atoms with E-state index in [4.69, 9.17) is 5.26 Å². The number of nitrogens with zero attached hydrogens (tertiary/aromatic N) is 4. The summed E-state index contributed by atoms with van der Waals surface area (Å²) < 4.78 is 0. The summed E-state index contributed by atoms with van der Waals surface area (Å²) in [5, 5.41) is 10.7. The molecule has 0 unspecified atom stereocenters. The van der Waals surface area contributed by atoms with Crippen LogP contribution >= 0.6 is 23.1 Å². The first-order valence-electron chi connectivity index (χ1n) is 8.12. The van der Waals surface area contributed by atoms with Gasteiger partial charge in [0.05, 0.1) is 18.2 Å². The average molecular weight is 361 g/mol. The zero-order valence-corrected chi connectivity index (χ0v) is 15.6. The minimum absolute atomic E-state index is 0.0313. The van der Waals surface area contributed by atoms with Gasteiger partial charge < -0.3 is 4.90 Å². The number of carbonyl (C=O) groups excluding carboxylic acids is 1. The van der Waals surface area contributed by atoms with Crippen LogP contribution in [0.25, 0.3) is 10.2 Å². The highest BCUT2D eigenvalue weighted by Gasteiger charge is 2.21. The third-order valence-electron chi connectivity index (χ3n) is 4.21. The van der Waals surface area contributed by atoms with Gasteiger partial charge in [0, 0.05) is 23.9 Å². The Balaban J connectivity index is 1.83. The van der Waals surface area contributed by atoms with E-state index in [1.165, 1.54) is 35.0 Å². The van der Waals surface area contributed by atoms with E-state index < -0.39 is 0 Å². The van der Waals surface area contributed by atoms with Crippen molar-refractivity contribution >= 4 is 39.2 Å². The Morgan fingerprint density at radius 3 is 2.96 bits per heavy atom. The molecule has 0 N–H and O–H groups in total. The molecule has 7 heteroatoms. The van der Waals surface area contributed by atoms with Gasteiger partial charge in [-0.25, -0.2) is 9.97 Å². The molecule has 0 aliphatic heterocycles. The molecule has 0 saturated heterocycles. The van der Waals surface area contributed by atoms with Gasteiger partial charge in [0.25, 0.3) is 0 Å². The van der Waals surface area contributed by atoms with Crippen molar-refractivity contribution in [3.63, 3.8) is 0 Å². The molecule has 1 amide bonds. The lowest BCUT2D eigenvalue weighted by Crippen LogP contribution is -2.29. The molecule has 24 heavy (non-hydrogen) atoms. The fourth-order valence-corrected chi connectivity index (χ4v) is 5.33. The minimum Gasteiger partial charge on any atom is -0.344 e. The molecule has 0 bridgehead atoms. The van der Waals surface area contributed by atoms with E-state index in [0.29, 0.717) is 18.7 Å². The van der Waals surface area contributed by atoms with Crippen molar-refractivity contribution < 1.29 is 4.79 Å². The Hall–Kier alpha value is -1.65. The first kappa shape index (κ1) is 17.2.